The third kappa shape index (κ3) is 6.91. The van der Waals surface area contributed by atoms with Gasteiger partial charge in [0.15, 0.2) is 0 Å². The molecule has 2 aromatic carbocycles. The molecule has 0 unspecified atom stereocenters. The van der Waals surface area contributed by atoms with Crippen LogP contribution in [0.1, 0.15) is 65.2 Å². The molecular weight excluding hydrogens is 348 g/mol. The highest BCUT2D eigenvalue weighted by atomic mass is 28.4. The Bertz CT molecular complexity index is 545. The molecule has 0 atom stereocenters. The van der Waals surface area contributed by atoms with Crippen molar-refractivity contribution in [1.29, 1.82) is 0 Å². The topological polar surface area (TPSA) is 18.5 Å². The molecule has 0 heterocycles. The van der Waals surface area contributed by atoms with E-state index in [2.05, 4.69) is 74.5 Å². The summed E-state index contributed by atoms with van der Waals surface area (Å²) in [4.78, 5) is 0. The molecule has 0 fully saturated rings. The first-order chi connectivity index (χ1) is 13.3. The minimum atomic E-state index is -2.67. The lowest BCUT2D eigenvalue weighted by molar-refractivity contribution is 0.184. The van der Waals surface area contributed by atoms with Crippen molar-refractivity contribution in [1.82, 2.24) is 0 Å². The van der Waals surface area contributed by atoms with Crippen molar-refractivity contribution in [3.8, 4) is 0 Å². The van der Waals surface area contributed by atoms with E-state index in [4.69, 9.17) is 8.85 Å². The minimum absolute atomic E-state index is 0.769. The van der Waals surface area contributed by atoms with E-state index in [0.29, 0.717) is 0 Å². The van der Waals surface area contributed by atoms with Crippen molar-refractivity contribution in [2.75, 3.05) is 13.2 Å². The second-order valence-corrected chi connectivity index (χ2v) is 10.1. The molecule has 0 N–H and O–H groups in total. The molecule has 0 radical (unpaired) electrons. The Kier molecular flexibility index (Phi) is 10.4. The molecule has 148 valence electrons. The fourth-order valence-electron chi connectivity index (χ4n) is 3.35. The van der Waals surface area contributed by atoms with Gasteiger partial charge in [-0.25, -0.2) is 0 Å². The predicted molar refractivity (Wildman–Crippen MR) is 118 cm³/mol. The smallest absolute Gasteiger partial charge is 0.388 e. The largest absolute Gasteiger partial charge is 0.407 e. The van der Waals surface area contributed by atoms with E-state index in [1.54, 1.807) is 0 Å². The van der Waals surface area contributed by atoms with Crippen molar-refractivity contribution >= 4 is 18.9 Å². The molecule has 3 heteroatoms. The van der Waals surface area contributed by atoms with E-state index in [9.17, 15) is 0 Å². The first-order valence-electron chi connectivity index (χ1n) is 10.7. The molecule has 0 amide bonds. The summed E-state index contributed by atoms with van der Waals surface area (Å²) >= 11 is 0. The summed E-state index contributed by atoms with van der Waals surface area (Å²) in [6, 6.07) is 21.2. The maximum absolute atomic E-state index is 6.67. The first kappa shape index (κ1) is 21.9. The summed E-state index contributed by atoms with van der Waals surface area (Å²) in [6.45, 7) is 6.02. The molecule has 2 nitrogen and oxygen atoms in total. The number of rotatable bonds is 14. The van der Waals surface area contributed by atoms with Crippen LogP contribution in [0.4, 0.5) is 0 Å². The Morgan fingerprint density at radius 1 is 0.556 bits per heavy atom. The van der Waals surface area contributed by atoms with Crippen molar-refractivity contribution in [2.24, 2.45) is 0 Å². The predicted octanol–water partition coefficient (Wildman–Crippen LogP) is 5.44. The van der Waals surface area contributed by atoms with Gasteiger partial charge in [-0.05, 0) is 23.2 Å². The van der Waals surface area contributed by atoms with Gasteiger partial charge in [0.1, 0.15) is 0 Å². The molecule has 2 aromatic rings. The first-order valence-corrected chi connectivity index (χ1v) is 12.5. The highest BCUT2D eigenvalue weighted by Gasteiger charge is 2.42. The SMILES string of the molecule is CCCCCCO[Si](OCCCCCC)(c1ccccc1)c1ccccc1. The van der Waals surface area contributed by atoms with Crippen LogP contribution < -0.4 is 10.4 Å². The standard InChI is InChI=1S/C24H36O2Si/c1-3-5-7-15-21-25-27(23-17-11-9-12-18-23,24-19-13-10-14-20-24)26-22-16-8-6-4-2/h9-14,17-20H,3-8,15-16,21-22H2,1-2H3. The van der Waals surface area contributed by atoms with Crippen LogP contribution in [0.2, 0.25) is 0 Å². The van der Waals surface area contributed by atoms with Crippen LogP contribution in [0.5, 0.6) is 0 Å². The third-order valence-electron chi connectivity index (χ3n) is 4.91. The normalized spacial score (nSPS) is 11.6. The quantitative estimate of drug-likeness (QED) is 0.319. The van der Waals surface area contributed by atoms with E-state index < -0.39 is 8.56 Å². The van der Waals surface area contributed by atoms with Gasteiger partial charge >= 0.3 is 8.56 Å². The fraction of sp³-hybridized carbons (Fsp3) is 0.500. The maximum atomic E-state index is 6.67. The average Bonchev–Trinajstić information content (AvgIpc) is 2.73. The van der Waals surface area contributed by atoms with Crippen LogP contribution in [0.15, 0.2) is 60.7 Å². The Hall–Kier alpha value is -1.42. The fourth-order valence-corrected chi connectivity index (χ4v) is 6.56. The van der Waals surface area contributed by atoms with Crippen molar-refractivity contribution in [3.05, 3.63) is 60.7 Å². The maximum Gasteiger partial charge on any atom is 0.407 e. The second-order valence-electron chi connectivity index (χ2n) is 7.17. The van der Waals surface area contributed by atoms with Gasteiger partial charge in [-0.15, -0.1) is 0 Å². The number of benzene rings is 2. The van der Waals surface area contributed by atoms with E-state index in [-0.39, 0.29) is 0 Å². The van der Waals surface area contributed by atoms with Crippen LogP contribution in [0, 0.1) is 0 Å². The molecule has 27 heavy (non-hydrogen) atoms. The highest BCUT2D eigenvalue weighted by molar-refractivity contribution is 6.92. The third-order valence-corrected chi connectivity index (χ3v) is 8.32. The number of hydrogen-bond acceptors (Lipinski definition) is 2. The van der Waals surface area contributed by atoms with Crippen molar-refractivity contribution in [3.63, 3.8) is 0 Å². The lowest BCUT2D eigenvalue weighted by Gasteiger charge is -2.31. The van der Waals surface area contributed by atoms with E-state index in [1.165, 1.54) is 48.9 Å². The lowest BCUT2D eigenvalue weighted by atomic mass is 10.2. The average molecular weight is 385 g/mol. The molecule has 0 aromatic heterocycles. The number of hydrogen-bond donors (Lipinski definition) is 0. The zero-order valence-electron chi connectivity index (χ0n) is 17.2. The van der Waals surface area contributed by atoms with Crippen LogP contribution in [0.3, 0.4) is 0 Å². The van der Waals surface area contributed by atoms with E-state index >= 15 is 0 Å². The summed E-state index contributed by atoms with van der Waals surface area (Å²) < 4.78 is 13.3. The van der Waals surface area contributed by atoms with Gasteiger partial charge < -0.3 is 8.85 Å². The van der Waals surface area contributed by atoms with Crippen LogP contribution in [-0.2, 0) is 8.85 Å². The molecule has 0 saturated carbocycles. The van der Waals surface area contributed by atoms with Crippen molar-refractivity contribution in [2.45, 2.75) is 65.2 Å². The van der Waals surface area contributed by atoms with Gasteiger partial charge in [0.25, 0.3) is 0 Å². The molecule has 2 rings (SSSR count). The monoisotopic (exact) mass is 384 g/mol. The molecule has 0 aliphatic heterocycles. The summed E-state index contributed by atoms with van der Waals surface area (Å²) in [6.07, 6.45) is 9.67. The minimum Gasteiger partial charge on any atom is -0.388 e. The van der Waals surface area contributed by atoms with Gasteiger partial charge in [-0.2, -0.15) is 0 Å². The summed E-state index contributed by atoms with van der Waals surface area (Å²) in [5, 5.41) is 2.42. The number of unbranched alkanes of at least 4 members (excludes halogenated alkanes) is 6. The molecule has 0 aliphatic rings. The Labute approximate surface area is 167 Å². The second kappa shape index (κ2) is 12.9. The summed E-state index contributed by atoms with van der Waals surface area (Å²) in [5.41, 5.74) is 0. The molecule has 0 aliphatic carbocycles. The Balaban J connectivity index is 2.21. The van der Waals surface area contributed by atoms with Gasteiger partial charge in [0.05, 0.1) is 0 Å². The van der Waals surface area contributed by atoms with Crippen LogP contribution >= 0.6 is 0 Å². The van der Waals surface area contributed by atoms with E-state index in [1.807, 2.05) is 0 Å². The Morgan fingerprint density at radius 2 is 0.963 bits per heavy atom. The zero-order valence-corrected chi connectivity index (χ0v) is 18.2. The highest BCUT2D eigenvalue weighted by Crippen LogP contribution is 2.13. The molecule has 0 bridgehead atoms. The van der Waals surface area contributed by atoms with Crippen LogP contribution in [0.25, 0.3) is 0 Å². The molecule has 0 spiro atoms. The molecular formula is C24H36O2Si. The van der Waals surface area contributed by atoms with E-state index in [0.717, 1.165) is 26.1 Å². The summed E-state index contributed by atoms with van der Waals surface area (Å²) in [5.74, 6) is 0. The van der Waals surface area contributed by atoms with Gasteiger partial charge in [-0.1, -0.05) is 113 Å². The van der Waals surface area contributed by atoms with Gasteiger partial charge in [-0.3, -0.25) is 0 Å². The Morgan fingerprint density at radius 3 is 1.33 bits per heavy atom. The summed E-state index contributed by atoms with van der Waals surface area (Å²) in [7, 11) is -2.67. The zero-order chi connectivity index (χ0) is 19.2. The van der Waals surface area contributed by atoms with Gasteiger partial charge in [0, 0.05) is 13.2 Å². The van der Waals surface area contributed by atoms with Crippen molar-refractivity contribution < 1.29 is 8.85 Å². The van der Waals surface area contributed by atoms with Gasteiger partial charge in [0.2, 0.25) is 0 Å². The lowest BCUT2D eigenvalue weighted by Crippen LogP contribution is -2.63. The molecule has 0 saturated heterocycles. The van der Waals surface area contributed by atoms with Crippen LogP contribution in [-0.4, -0.2) is 21.8 Å².